The van der Waals surface area contributed by atoms with Crippen LogP contribution in [0.15, 0.2) is 72.9 Å². The number of fused-ring (bicyclic) bond motifs is 3. The summed E-state index contributed by atoms with van der Waals surface area (Å²) in [6.45, 7) is 0. The van der Waals surface area contributed by atoms with E-state index in [0.717, 1.165) is 16.7 Å². The van der Waals surface area contributed by atoms with Crippen molar-refractivity contribution in [3.63, 3.8) is 0 Å². The Hall–Kier alpha value is -2.87. The zero-order valence-corrected chi connectivity index (χ0v) is 12.3. The van der Waals surface area contributed by atoms with Crippen molar-refractivity contribution in [3.05, 3.63) is 72.9 Å². The molecular formula is C20H15NO. The van der Waals surface area contributed by atoms with Gasteiger partial charge in [0.25, 0.3) is 0 Å². The maximum atomic E-state index is 5.25. The molecule has 0 atom stereocenters. The number of ether oxygens (including phenoxy) is 1. The van der Waals surface area contributed by atoms with E-state index in [4.69, 9.17) is 4.74 Å². The Kier molecular flexibility index (Phi) is 3.01. The number of methoxy groups -OCH3 is 1. The van der Waals surface area contributed by atoms with Crippen molar-refractivity contribution in [3.8, 4) is 16.9 Å². The molecular weight excluding hydrogens is 270 g/mol. The minimum Gasteiger partial charge on any atom is -0.497 e. The van der Waals surface area contributed by atoms with Crippen LogP contribution in [0.5, 0.6) is 5.75 Å². The van der Waals surface area contributed by atoms with E-state index in [1.54, 1.807) is 7.11 Å². The van der Waals surface area contributed by atoms with Gasteiger partial charge < -0.3 is 4.74 Å². The number of aromatic nitrogens is 1. The molecule has 1 heterocycles. The standard InChI is InChI=1S/C20H15NO/c1-22-16-10-8-14(9-11-16)19-13-15-5-4-12-21-20(15)18-7-3-2-6-17(18)19/h2-13H,1H3. The van der Waals surface area contributed by atoms with E-state index in [2.05, 4.69) is 53.5 Å². The highest BCUT2D eigenvalue weighted by atomic mass is 16.5. The lowest BCUT2D eigenvalue weighted by atomic mass is 9.95. The van der Waals surface area contributed by atoms with Gasteiger partial charge in [0.2, 0.25) is 0 Å². The SMILES string of the molecule is COc1ccc(-c2cc3cccnc3c3ccccc23)cc1. The number of hydrogen-bond acceptors (Lipinski definition) is 2. The molecule has 22 heavy (non-hydrogen) atoms. The van der Waals surface area contributed by atoms with E-state index in [0.29, 0.717) is 0 Å². The molecule has 0 radical (unpaired) electrons. The molecule has 0 bridgehead atoms. The van der Waals surface area contributed by atoms with E-state index >= 15 is 0 Å². The maximum absolute atomic E-state index is 5.25. The molecule has 0 aliphatic rings. The van der Waals surface area contributed by atoms with Gasteiger partial charge in [0, 0.05) is 17.0 Å². The number of hydrogen-bond donors (Lipinski definition) is 0. The molecule has 4 rings (SSSR count). The van der Waals surface area contributed by atoms with Crippen LogP contribution in [-0.4, -0.2) is 12.1 Å². The fraction of sp³-hybridized carbons (Fsp3) is 0.0500. The summed E-state index contributed by atoms with van der Waals surface area (Å²) in [7, 11) is 1.69. The zero-order valence-electron chi connectivity index (χ0n) is 12.3. The first-order chi connectivity index (χ1) is 10.9. The lowest BCUT2D eigenvalue weighted by Gasteiger charge is -2.10. The van der Waals surface area contributed by atoms with Crippen molar-refractivity contribution in [1.29, 1.82) is 0 Å². The van der Waals surface area contributed by atoms with Gasteiger partial charge >= 0.3 is 0 Å². The van der Waals surface area contributed by atoms with Crippen molar-refractivity contribution in [2.24, 2.45) is 0 Å². The average molecular weight is 285 g/mol. The number of nitrogens with zero attached hydrogens (tertiary/aromatic N) is 1. The molecule has 0 spiro atoms. The normalized spacial score (nSPS) is 11.0. The van der Waals surface area contributed by atoms with Gasteiger partial charge in [-0.3, -0.25) is 4.98 Å². The summed E-state index contributed by atoms with van der Waals surface area (Å²) in [4.78, 5) is 4.55. The lowest BCUT2D eigenvalue weighted by Crippen LogP contribution is -1.87. The van der Waals surface area contributed by atoms with Crippen molar-refractivity contribution >= 4 is 21.7 Å². The van der Waals surface area contributed by atoms with Gasteiger partial charge in [-0.1, -0.05) is 42.5 Å². The Bertz CT molecular complexity index is 958. The third kappa shape index (κ3) is 2.01. The second-order valence-electron chi connectivity index (χ2n) is 5.27. The highest BCUT2D eigenvalue weighted by Gasteiger charge is 2.08. The van der Waals surface area contributed by atoms with Crippen molar-refractivity contribution in [1.82, 2.24) is 4.98 Å². The first kappa shape index (κ1) is 12.8. The van der Waals surface area contributed by atoms with Crippen LogP contribution in [0, 0.1) is 0 Å². The van der Waals surface area contributed by atoms with Crippen molar-refractivity contribution in [2.45, 2.75) is 0 Å². The molecule has 0 aliphatic heterocycles. The summed E-state index contributed by atoms with van der Waals surface area (Å²) < 4.78 is 5.25. The van der Waals surface area contributed by atoms with Gasteiger partial charge in [0.05, 0.1) is 12.6 Å². The topological polar surface area (TPSA) is 22.1 Å². The van der Waals surface area contributed by atoms with Gasteiger partial charge in [-0.25, -0.2) is 0 Å². The van der Waals surface area contributed by atoms with Crippen LogP contribution in [0.25, 0.3) is 32.8 Å². The van der Waals surface area contributed by atoms with E-state index in [9.17, 15) is 0 Å². The molecule has 0 aliphatic carbocycles. The molecule has 0 N–H and O–H groups in total. The smallest absolute Gasteiger partial charge is 0.118 e. The van der Waals surface area contributed by atoms with Crippen LogP contribution in [-0.2, 0) is 0 Å². The Morgan fingerprint density at radius 1 is 0.818 bits per heavy atom. The summed E-state index contributed by atoms with van der Waals surface area (Å²) in [5.74, 6) is 0.871. The summed E-state index contributed by atoms with van der Waals surface area (Å²) in [6, 6.07) is 22.9. The number of rotatable bonds is 2. The first-order valence-corrected chi connectivity index (χ1v) is 7.28. The molecule has 0 saturated heterocycles. The summed E-state index contributed by atoms with van der Waals surface area (Å²) in [6.07, 6.45) is 1.85. The van der Waals surface area contributed by atoms with E-state index in [-0.39, 0.29) is 0 Å². The largest absolute Gasteiger partial charge is 0.497 e. The summed E-state index contributed by atoms with van der Waals surface area (Å²) in [5.41, 5.74) is 3.46. The third-order valence-corrected chi connectivity index (χ3v) is 4.01. The average Bonchev–Trinajstić information content (AvgIpc) is 2.61. The van der Waals surface area contributed by atoms with Crippen LogP contribution in [0.4, 0.5) is 0 Å². The van der Waals surface area contributed by atoms with Crippen LogP contribution in [0.1, 0.15) is 0 Å². The molecule has 1 aromatic heterocycles. The fourth-order valence-corrected chi connectivity index (χ4v) is 2.93. The molecule has 0 unspecified atom stereocenters. The fourth-order valence-electron chi connectivity index (χ4n) is 2.93. The highest BCUT2D eigenvalue weighted by Crippen LogP contribution is 2.34. The van der Waals surface area contributed by atoms with Gasteiger partial charge in [-0.2, -0.15) is 0 Å². The zero-order chi connectivity index (χ0) is 14.9. The Balaban J connectivity index is 2.06. The minimum atomic E-state index is 0.871. The molecule has 2 heteroatoms. The van der Waals surface area contributed by atoms with Gasteiger partial charge in [-0.05, 0) is 40.8 Å². The monoisotopic (exact) mass is 285 g/mol. The highest BCUT2D eigenvalue weighted by molar-refractivity contribution is 6.12. The van der Waals surface area contributed by atoms with Crippen molar-refractivity contribution < 1.29 is 4.74 Å². The molecule has 106 valence electrons. The Morgan fingerprint density at radius 3 is 2.36 bits per heavy atom. The van der Waals surface area contributed by atoms with E-state index < -0.39 is 0 Å². The maximum Gasteiger partial charge on any atom is 0.118 e. The number of pyridine rings is 1. The van der Waals surface area contributed by atoms with Crippen LogP contribution in [0.3, 0.4) is 0 Å². The van der Waals surface area contributed by atoms with Crippen LogP contribution in [0.2, 0.25) is 0 Å². The van der Waals surface area contributed by atoms with E-state index in [1.807, 2.05) is 24.4 Å². The van der Waals surface area contributed by atoms with Gasteiger partial charge in [-0.15, -0.1) is 0 Å². The molecule has 3 aromatic carbocycles. The van der Waals surface area contributed by atoms with Crippen LogP contribution < -0.4 is 4.74 Å². The number of benzene rings is 3. The Labute approximate surface area is 129 Å². The molecule has 0 amide bonds. The third-order valence-electron chi connectivity index (χ3n) is 4.01. The molecule has 0 saturated carbocycles. The second-order valence-corrected chi connectivity index (χ2v) is 5.27. The first-order valence-electron chi connectivity index (χ1n) is 7.28. The lowest BCUT2D eigenvalue weighted by molar-refractivity contribution is 0.415. The Morgan fingerprint density at radius 2 is 1.59 bits per heavy atom. The molecule has 0 fully saturated rings. The quantitative estimate of drug-likeness (QED) is 0.480. The van der Waals surface area contributed by atoms with E-state index in [1.165, 1.54) is 21.9 Å². The summed E-state index contributed by atoms with van der Waals surface area (Å²) in [5, 5.41) is 3.57. The second kappa shape index (κ2) is 5.15. The van der Waals surface area contributed by atoms with Crippen LogP contribution >= 0.6 is 0 Å². The van der Waals surface area contributed by atoms with Crippen molar-refractivity contribution in [2.75, 3.05) is 7.11 Å². The molecule has 4 aromatic rings. The predicted molar refractivity (Wildman–Crippen MR) is 91.2 cm³/mol. The summed E-state index contributed by atoms with van der Waals surface area (Å²) >= 11 is 0. The molecule has 2 nitrogen and oxygen atoms in total. The predicted octanol–water partition coefficient (Wildman–Crippen LogP) is 5.06. The minimum absolute atomic E-state index is 0.871. The van der Waals surface area contributed by atoms with Gasteiger partial charge in [0.1, 0.15) is 5.75 Å². The van der Waals surface area contributed by atoms with Gasteiger partial charge in [0.15, 0.2) is 0 Å².